The number of hydrogen-bond donors (Lipinski definition) is 2. The largest absolute Gasteiger partial charge is 0.493 e. The van der Waals surface area contributed by atoms with Crippen molar-refractivity contribution in [3.05, 3.63) is 52.5 Å². The zero-order chi connectivity index (χ0) is 20.5. The van der Waals surface area contributed by atoms with Crippen LogP contribution < -0.4 is 0 Å². The van der Waals surface area contributed by atoms with Crippen LogP contribution in [0.3, 0.4) is 0 Å². The van der Waals surface area contributed by atoms with Crippen LogP contribution >= 0.6 is 15.9 Å². The van der Waals surface area contributed by atoms with Crippen LogP contribution in [0.4, 0.5) is 11.4 Å². The first-order valence-electron chi connectivity index (χ1n) is 9.72. The summed E-state index contributed by atoms with van der Waals surface area (Å²) >= 11 is 3.43. The van der Waals surface area contributed by atoms with Gasteiger partial charge in [-0.25, -0.2) is 0 Å². The molecule has 2 atom stereocenters. The molecule has 1 amide bonds. The molecule has 150 valence electrons. The SMILES string of the molecule is C[C@@H]1C[C@H](C)CN(C(=O)c2ccc(N=Nc3c(O)[nH]c4ccc(Br)cc34)cc2)C1. The average Bonchev–Trinajstić information content (AvgIpc) is 3.00. The molecule has 1 aliphatic heterocycles. The monoisotopic (exact) mass is 454 g/mol. The molecule has 1 fully saturated rings. The van der Waals surface area contributed by atoms with Crippen molar-refractivity contribution in [2.45, 2.75) is 20.3 Å². The Morgan fingerprint density at radius 2 is 1.79 bits per heavy atom. The normalized spacial score (nSPS) is 19.9. The number of piperidine rings is 1. The fraction of sp³-hybridized carbons (Fsp3) is 0.318. The fourth-order valence-corrected chi connectivity index (χ4v) is 4.39. The van der Waals surface area contributed by atoms with E-state index >= 15 is 0 Å². The molecule has 1 aliphatic rings. The summed E-state index contributed by atoms with van der Waals surface area (Å²) in [6, 6.07) is 12.7. The quantitative estimate of drug-likeness (QED) is 0.463. The van der Waals surface area contributed by atoms with Crippen LogP contribution in [0, 0.1) is 11.8 Å². The van der Waals surface area contributed by atoms with Crippen molar-refractivity contribution in [1.82, 2.24) is 9.88 Å². The van der Waals surface area contributed by atoms with Gasteiger partial charge < -0.3 is 15.0 Å². The first kappa shape index (κ1) is 19.6. The number of azo groups is 1. The summed E-state index contributed by atoms with van der Waals surface area (Å²) in [6.07, 6.45) is 1.17. The number of carbonyl (C=O) groups is 1. The smallest absolute Gasteiger partial charge is 0.253 e. The van der Waals surface area contributed by atoms with Crippen molar-refractivity contribution in [3.8, 4) is 5.88 Å². The molecular formula is C22H23BrN4O2. The lowest BCUT2D eigenvalue weighted by molar-refractivity contribution is 0.0623. The Morgan fingerprint density at radius 3 is 2.48 bits per heavy atom. The lowest BCUT2D eigenvalue weighted by Gasteiger charge is -2.35. The van der Waals surface area contributed by atoms with E-state index in [0.717, 1.165) is 28.5 Å². The van der Waals surface area contributed by atoms with Crippen LogP contribution in [0.1, 0.15) is 30.6 Å². The van der Waals surface area contributed by atoms with Gasteiger partial charge in [-0.05, 0) is 60.7 Å². The number of aromatic nitrogens is 1. The maximum Gasteiger partial charge on any atom is 0.253 e. The summed E-state index contributed by atoms with van der Waals surface area (Å²) in [7, 11) is 0. The van der Waals surface area contributed by atoms with Crippen molar-refractivity contribution in [2.24, 2.45) is 22.1 Å². The van der Waals surface area contributed by atoms with E-state index in [1.54, 1.807) is 24.3 Å². The first-order valence-corrected chi connectivity index (χ1v) is 10.5. The standard InChI is InChI=1S/C22H23BrN4O2/c1-13-9-14(2)12-27(11-13)22(29)15-3-6-17(7-4-15)25-26-20-18-10-16(23)5-8-19(18)24-21(20)28/h3-8,10,13-14,24,28H,9,11-12H2,1-2H3/t13-,14+. The number of aromatic amines is 1. The molecule has 2 heterocycles. The second-order valence-corrected chi connectivity index (χ2v) is 8.83. The molecule has 0 unspecified atom stereocenters. The Balaban J connectivity index is 1.52. The summed E-state index contributed by atoms with van der Waals surface area (Å²) in [5, 5.41) is 19.4. The van der Waals surface area contributed by atoms with E-state index in [1.165, 1.54) is 6.42 Å². The number of aromatic hydroxyl groups is 1. The fourth-order valence-electron chi connectivity index (χ4n) is 4.03. The summed E-state index contributed by atoms with van der Waals surface area (Å²) < 4.78 is 0.893. The van der Waals surface area contributed by atoms with Crippen molar-refractivity contribution >= 4 is 44.1 Å². The molecule has 1 aromatic heterocycles. The van der Waals surface area contributed by atoms with E-state index in [4.69, 9.17) is 0 Å². The van der Waals surface area contributed by atoms with Crippen LogP contribution in [0.2, 0.25) is 0 Å². The van der Waals surface area contributed by atoms with E-state index < -0.39 is 0 Å². The summed E-state index contributed by atoms with van der Waals surface area (Å²) in [5.74, 6) is 1.09. The van der Waals surface area contributed by atoms with E-state index in [0.29, 0.717) is 28.8 Å². The van der Waals surface area contributed by atoms with Crippen molar-refractivity contribution in [2.75, 3.05) is 13.1 Å². The molecule has 0 aliphatic carbocycles. The predicted molar refractivity (Wildman–Crippen MR) is 117 cm³/mol. The number of nitrogens with zero attached hydrogens (tertiary/aromatic N) is 3. The number of H-pyrrole nitrogens is 1. The number of benzene rings is 2. The zero-order valence-electron chi connectivity index (χ0n) is 16.4. The van der Waals surface area contributed by atoms with E-state index in [-0.39, 0.29) is 11.8 Å². The van der Waals surface area contributed by atoms with E-state index in [9.17, 15) is 9.90 Å². The third-order valence-corrected chi connectivity index (χ3v) is 5.74. The highest BCUT2D eigenvalue weighted by atomic mass is 79.9. The van der Waals surface area contributed by atoms with Gasteiger partial charge in [0.2, 0.25) is 5.88 Å². The van der Waals surface area contributed by atoms with Gasteiger partial charge >= 0.3 is 0 Å². The second-order valence-electron chi connectivity index (χ2n) is 7.92. The predicted octanol–water partition coefficient (Wildman–Crippen LogP) is 6.17. The van der Waals surface area contributed by atoms with Gasteiger partial charge in [0.15, 0.2) is 5.69 Å². The summed E-state index contributed by atoms with van der Waals surface area (Å²) in [6.45, 7) is 6.00. The summed E-state index contributed by atoms with van der Waals surface area (Å²) in [4.78, 5) is 17.6. The molecular weight excluding hydrogens is 432 g/mol. The molecule has 0 radical (unpaired) electrons. The zero-order valence-corrected chi connectivity index (χ0v) is 18.0. The molecule has 0 bridgehead atoms. The van der Waals surface area contributed by atoms with Gasteiger partial charge in [-0.1, -0.05) is 29.8 Å². The Labute approximate surface area is 177 Å². The highest BCUT2D eigenvalue weighted by Crippen LogP contribution is 2.37. The van der Waals surface area contributed by atoms with Gasteiger partial charge in [-0.2, -0.15) is 5.11 Å². The van der Waals surface area contributed by atoms with Crippen LogP contribution in [0.25, 0.3) is 10.9 Å². The van der Waals surface area contributed by atoms with E-state index in [1.807, 2.05) is 23.1 Å². The third kappa shape index (κ3) is 4.19. The average molecular weight is 455 g/mol. The maximum atomic E-state index is 12.8. The summed E-state index contributed by atoms with van der Waals surface area (Å²) in [5.41, 5.74) is 2.44. The molecule has 4 rings (SSSR count). The number of halogens is 1. The highest BCUT2D eigenvalue weighted by Gasteiger charge is 2.26. The van der Waals surface area contributed by atoms with Crippen molar-refractivity contribution < 1.29 is 9.90 Å². The Morgan fingerprint density at radius 1 is 1.10 bits per heavy atom. The third-order valence-electron chi connectivity index (χ3n) is 5.25. The Bertz CT molecular complexity index is 1060. The molecule has 2 N–H and O–H groups in total. The molecule has 2 aromatic carbocycles. The highest BCUT2D eigenvalue weighted by molar-refractivity contribution is 9.10. The minimum atomic E-state index is -0.0259. The van der Waals surface area contributed by atoms with Crippen LogP contribution in [-0.4, -0.2) is 34.0 Å². The van der Waals surface area contributed by atoms with Gasteiger partial charge in [0.25, 0.3) is 5.91 Å². The molecule has 1 saturated heterocycles. The van der Waals surface area contributed by atoms with Crippen LogP contribution in [0.5, 0.6) is 5.88 Å². The van der Waals surface area contributed by atoms with Crippen molar-refractivity contribution in [1.29, 1.82) is 0 Å². The number of carbonyl (C=O) groups excluding carboxylic acids is 1. The molecule has 0 spiro atoms. The lowest BCUT2D eigenvalue weighted by atomic mass is 9.91. The second kappa shape index (κ2) is 7.99. The van der Waals surface area contributed by atoms with Crippen LogP contribution in [-0.2, 0) is 0 Å². The minimum Gasteiger partial charge on any atom is -0.493 e. The van der Waals surface area contributed by atoms with Crippen LogP contribution in [0.15, 0.2) is 57.2 Å². The number of rotatable bonds is 3. The topological polar surface area (TPSA) is 81.1 Å². The lowest BCUT2D eigenvalue weighted by Crippen LogP contribution is -2.42. The van der Waals surface area contributed by atoms with Gasteiger partial charge in [0.1, 0.15) is 0 Å². The molecule has 29 heavy (non-hydrogen) atoms. The number of nitrogens with one attached hydrogen (secondary N) is 1. The Kier molecular flexibility index (Phi) is 5.41. The maximum absolute atomic E-state index is 12.8. The minimum absolute atomic E-state index is 0.0259. The van der Waals surface area contributed by atoms with Gasteiger partial charge in [0.05, 0.1) is 11.2 Å². The van der Waals surface area contributed by atoms with Gasteiger partial charge in [-0.3, -0.25) is 4.79 Å². The number of fused-ring (bicyclic) bond motifs is 1. The molecule has 6 nitrogen and oxygen atoms in total. The molecule has 7 heteroatoms. The van der Waals surface area contributed by atoms with Crippen molar-refractivity contribution in [3.63, 3.8) is 0 Å². The molecule has 0 saturated carbocycles. The van der Waals surface area contributed by atoms with E-state index in [2.05, 4.69) is 45.0 Å². The number of likely N-dealkylation sites (tertiary alicyclic amines) is 1. The number of hydrogen-bond acceptors (Lipinski definition) is 4. The first-order chi connectivity index (χ1) is 13.9. The Hall–Kier alpha value is -2.67. The molecule has 3 aromatic rings. The van der Waals surface area contributed by atoms with Gasteiger partial charge in [-0.15, -0.1) is 5.11 Å². The van der Waals surface area contributed by atoms with Gasteiger partial charge in [0, 0.05) is 28.5 Å². The number of amides is 1.